The molecule has 1 amide bonds. The average molecular weight is 400 g/mol. The maximum absolute atomic E-state index is 13.4. The van der Waals surface area contributed by atoms with Crippen molar-refractivity contribution < 1.29 is 4.79 Å². The van der Waals surface area contributed by atoms with Crippen LogP contribution in [0.1, 0.15) is 24.0 Å². The Kier molecular flexibility index (Phi) is 4.62. The highest BCUT2D eigenvalue weighted by Crippen LogP contribution is 2.27. The Balaban J connectivity index is 1.63. The predicted octanol–water partition coefficient (Wildman–Crippen LogP) is 3.33. The summed E-state index contributed by atoms with van der Waals surface area (Å²) in [5.74, 6) is -0.0392. The van der Waals surface area contributed by atoms with Crippen molar-refractivity contribution in [2.75, 3.05) is 13.1 Å². The lowest BCUT2D eigenvalue weighted by atomic mass is 10.1. The Labute approximate surface area is 174 Å². The molecule has 0 bridgehead atoms. The second-order valence-corrected chi connectivity index (χ2v) is 8.05. The quantitative estimate of drug-likeness (QED) is 0.528. The van der Waals surface area contributed by atoms with Gasteiger partial charge in [-0.15, -0.1) is 0 Å². The lowest BCUT2D eigenvalue weighted by Crippen LogP contribution is -2.36. The lowest BCUT2D eigenvalue weighted by Gasteiger charge is -2.15. The fourth-order valence-electron chi connectivity index (χ4n) is 4.34. The zero-order valence-corrected chi connectivity index (χ0v) is 17.0. The minimum Gasteiger partial charge on any atom is -0.341 e. The number of likely N-dealkylation sites (tertiary alicyclic amines) is 1. The molecule has 4 aromatic rings. The number of fused-ring (bicyclic) bond motifs is 3. The van der Waals surface area contributed by atoms with E-state index in [-0.39, 0.29) is 18.0 Å². The fourth-order valence-corrected chi connectivity index (χ4v) is 4.34. The number of hydrogen-bond acceptors (Lipinski definition) is 3. The molecule has 2 aromatic carbocycles. The number of nitrogens with zero attached hydrogens (tertiary/aromatic N) is 4. The number of hydrogen-bond donors (Lipinski definition) is 0. The zero-order chi connectivity index (χ0) is 20.7. The molecule has 1 aliphatic heterocycles. The number of benzene rings is 2. The summed E-state index contributed by atoms with van der Waals surface area (Å²) >= 11 is 0. The number of carbonyl (C=O) groups is 1. The number of aromatic nitrogens is 3. The van der Waals surface area contributed by atoms with Gasteiger partial charge in [-0.25, -0.2) is 4.68 Å². The van der Waals surface area contributed by atoms with Crippen molar-refractivity contribution in [2.24, 2.45) is 0 Å². The van der Waals surface area contributed by atoms with Crippen LogP contribution in [0.4, 0.5) is 0 Å². The minimum absolute atomic E-state index is 0.0131. The molecule has 152 valence electrons. The van der Waals surface area contributed by atoms with Gasteiger partial charge in [0.05, 0.1) is 6.20 Å². The first-order chi connectivity index (χ1) is 14.6. The van der Waals surface area contributed by atoms with E-state index in [4.69, 9.17) is 0 Å². The second kappa shape index (κ2) is 7.44. The summed E-state index contributed by atoms with van der Waals surface area (Å²) in [6.07, 6.45) is 3.78. The normalized spacial score (nSPS) is 14.1. The molecular weight excluding hydrogens is 376 g/mol. The smallest absolute Gasteiger partial charge is 0.291 e. The first-order valence-electron chi connectivity index (χ1n) is 10.4. The Morgan fingerprint density at radius 3 is 2.50 bits per heavy atom. The molecule has 0 saturated carbocycles. The summed E-state index contributed by atoms with van der Waals surface area (Å²) in [6, 6.07) is 16.3. The molecule has 1 fully saturated rings. The molecule has 1 saturated heterocycles. The number of carbonyl (C=O) groups excluding carboxylic acids is 1. The van der Waals surface area contributed by atoms with Crippen LogP contribution in [0.2, 0.25) is 0 Å². The molecular formula is C24H24N4O2. The standard InChI is InChI=1S/C24H24N4O2/c1-17-8-10-18(11-9-17)15-27-21-7-3-2-6-19(21)20-14-25-28(24(30)23(20)27)16-22(29)26-12-4-5-13-26/h2-3,6-11,14H,4-5,12-13,15-16H2,1H3. The summed E-state index contributed by atoms with van der Waals surface area (Å²) in [4.78, 5) is 27.8. The third-order valence-corrected chi connectivity index (χ3v) is 5.98. The number of amides is 1. The van der Waals surface area contributed by atoms with Gasteiger partial charge in [0.2, 0.25) is 5.91 Å². The maximum atomic E-state index is 13.4. The van der Waals surface area contributed by atoms with Crippen LogP contribution in [0.15, 0.2) is 59.5 Å². The second-order valence-electron chi connectivity index (χ2n) is 8.05. The van der Waals surface area contributed by atoms with E-state index in [2.05, 4.69) is 40.9 Å². The predicted molar refractivity (Wildman–Crippen MR) is 118 cm³/mol. The zero-order valence-electron chi connectivity index (χ0n) is 17.0. The van der Waals surface area contributed by atoms with Gasteiger partial charge >= 0.3 is 0 Å². The molecule has 1 aliphatic rings. The van der Waals surface area contributed by atoms with Crippen molar-refractivity contribution in [1.29, 1.82) is 0 Å². The van der Waals surface area contributed by atoms with Crippen LogP contribution in [0.5, 0.6) is 0 Å². The summed E-state index contributed by atoms with van der Waals surface area (Å²) in [5, 5.41) is 6.17. The third kappa shape index (κ3) is 3.18. The van der Waals surface area contributed by atoms with Gasteiger partial charge in [-0.2, -0.15) is 5.10 Å². The van der Waals surface area contributed by atoms with Crippen LogP contribution in [-0.4, -0.2) is 38.2 Å². The van der Waals surface area contributed by atoms with Gasteiger partial charge in [0.25, 0.3) is 5.56 Å². The van der Waals surface area contributed by atoms with Crippen molar-refractivity contribution in [3.8, 4) is 0 Å². The summed E-state index contributed by atoms with van der Waals surface area (Å²) in [6.45, 7) is 4.17. The van der Waals surface area contributed by atoms with E-state index in [9.17, 15) is 9.59 Å². The van der Waals surface area contributed by atoms with E-state index < -0.39 is 0 Å². The van der Waals surface area contributed by atoms with E-state index in [1.165, 1.54) is 10.2 Å². The SMILES string of the molecule is Cc1ccc(Cn2c3ccccc3c3cnn(CC(=O)N4CCCC4)c(=O)c32)cc1. The van der Waals surface area contributed by atoms with E-state index in [0.29, 0.717) is 12.1 Å². The van der Waals surface area contributed by atoms with Crippen LogP contribution < -0.4 is 5.56 Å². The van der Waals surface area contributed by atoms with Crippen LogP contribution in [0.25, 0.3) is 21.8 Å². The molecule has 6 nitrogen and oxygen atoms in total. The van der Waals surface area contributed by atoms with Crippen molar-refractivity contribution in [3.05, 3.63) is 76.2 Å². The van der Waals surface area contributed by atoms with E-state index >= 15 is 0 Å². The molecule has 0 spiro atoms. The molecule has 2 aromatic heterocycles. The molecule has 0 unspecified atom stereocenters. The molecule has 0 radical (unpaired) electrons. The maximum Gasteiger partial charge on any atom is 0.291 e. The van der Waals surface area contributed by atoms with Gasteiger partial charge in [0.1, 0.15) is 12.1 Å². The third-order valence-electron chi connectivity index (χ3n) is 5.98. The topological polar surface area (TPSA) is 60.1 Å². The molecule has 0 N–H and O–H groups in total. The van der Waals surface area contributed by atoms with Crippen LogP contribution in [-0.2, 0) is 17.9 Å². The molecule has 30 heavy (non-hydrogen) atoms. The van der Waals surface area contributed by atoms with Crippen LogP contribution in [0, 0.1) is 6.92 Å². The molecule has 3 heterocycles. The summed E-state index contributed by atoms with van der Waals surface area (Å²) < 4.78 is 3.36. The van der Waals surface area contributed by atoms with Gasteiger partial charge in [-0.05, 0) is 31.4 Å². The van der Waals surface area contributed by atoms with Gasteiger partial charge in [0.15, 0.2) is 0 Å². The highest BCUT2D eigenvalue weighted by atomic mass is 16.2. The lowest BCUT2D eigenvalue weighted by molar-refractivity contribution is -0.131. The van der Waals surface area contributed by atoms with Crippen molar-refractivity contribution in [2.45, 2.75) is 32.9 Å². The van der Waals surface area contributed by atoms with Gasteiger partial charge in [0, 0.05) is 35.9 Å². The molecule has 0 aliphatic carbocycles. The van der Waals surface area contributed by atoms with Crippen molar-refractivity contribution in [3.63, 3.8) is 0 Å². The Morgan fingerprint density at radius 2 is 1.73 bits per heavy atom. The fraction of sp³-hybridized carbons (Fsp3) is 0.292. The van der Waals surface area contributed by atoms with E-state index in [0.717, 1.165) is 47.8 Å². The van der Waals surface area contributed by atoms with Crippen LogP contribution >= 0.6 is 0 Å². The van der Waals surface area contributed by atoms with Crippen molar-refractivity contribution in [1.82, 2.24) is 19.2 Å². The van der Waals surface area contributed by atoms with E-state index in [1.54, 1.807) is 6.20 Å². The highest BCUT2D eigenvalue weighted by molar-refractivity contribution is 6.07. The first-order valence-corrected chi connectivity index (χ1v) is 10.4. The largest absolute Gasteiger partial charge is 0.341 e. The highest BCUT2D eigenvalue weighted by Gasteiger charge is 2.21. The summed E-state index contributed by atoms with van der Waals surface area (Å²) in [5.41, 5.74) is 3.70. The number of rotatable bonds is 4. The molecule has 0 atom stereocenters. The van der Waals surface area contributed by atoms with E-state index in [1.807, 2.05) is 29.2 Å². The van der Waals surface area contributed by atoms with Crippen LogP contribution in [0.3, 0.4) is 0 Å². The molecule has 5 rings (SSSR count). The average Bonchev–Trinajstić information content (AvgIpc) is 3.40. The summed E-state index contributed by atoms with van der Waals surface area (Å²) in [7, 11) is 0. The number of aryl methyl sites for hydroxylation is 1. The van der Waals surface area contributed by atoms with Crippen molar-refractivity contribution >= 4 is 27.7 Å². The van der Waals surface area contributed by atoms with Gasteiger partial charge in [-0.3, -0.25) is 9.59 Å². The Morgan fingerprint density at radius 1 is 1.00 bits per heavy atom. The monoisotopic (exact) mass is 400 g/mol. The first kappa shape index (κ1) is 18.6. The Bertz CT molecular complexity index is 1290. The van der Waals surface area contributed by atoms with Gasteiger partial charge < -0.3 is 9.47 Å². The Hall–Kier alpha value is -3.41. The molecule has 6 heteroatoms. The minimum atomic E-state index is -0.219. The van der Waals surface area contributed by atoms with Gasteiger partial charge in [-0.1, -0.05) is 48.0 Å². The number of para-hydroxylation sites is 1.